The summed E-state index contributed by atoms with van der Waals surface area (Å²) in [6.07, 6.45) is 0.841. The van der Waals surface area contributed by atoms with Crippen LogP contribution in [0.2, 0.25) is 0 Å². The number of phenols is 1. The fourth-order valence-corrected chi connectivity index (χ4v) is 1.86. The van der Waals surface area contributed by atoms with Crippen molar-refractivity contribution < 1.29 is 9.90 Å². The van der Waals surface area contributed by atoms with E-state index in [2.05, 4.69) is 5.32 Å². The minimum absolute atomic E-state index is 0.00546. The van der Waals surface area contributed by atoms with Crippen LogP contribution in [-0.4, -0.2) is 24.0 Å². The summed E-state index contributed by atoms with van der Waals surface area (Å²) < 4.78 is 0. The van der Waals surface area contributed by atoms with Gasteiger partial charge in [0.05, 0.1) is 0 Å². The van der Waals surface area contributed by atoms with Crippen molar-refractivity contribution in [3.63, 3.8) is 0 Å². The second-order valence-corrected chi connectivity index (χ2v) is 3.83. The van der Waals surface area contributed by atoms with Gasteiger partial charge < -0.3 is 16.2 Å². The van der Waals surface area contributed by atoms with Crippen LogP contribution in [0.4, 0.5) is 5.69 Å². The Hall–Kier alpha value is -1.55. The molecule has 0 spiro atoms. The molecular weight excluding hydrogens is 192 g/mol. The molecule has 1 heterocycles. The Bertz CT molecular complexity index is 384. The molecule has 1 fully saturated rings. The Morgan fingerprint density at radius 2 is 2.33 bits per heavy atom. The summed E-state index contributed by atoms with van der Waals surface area (Å²) in [6.45, 7) is 1.57. The van der Waals surface area contributed by atoms with Crippen molar-refractivity contribution in [3.05, 3.63) is 23.8 Å². The first-order valence-corrected chi connectivity index (χ1v) is 5.02. The summed E-state index contributed by atoms with van der Waals surface area (Å²) >= 11 is 0. The lowest BCUT2D eigenvalue weighted by Crippen LogP contribution is -2.18. The monoisotopic (exact) mass is 206 g/mol. The number of anilines is 1. The van der Waals surface area contributed by atoms with Gasteiger partial charge in [0, 0.05) is 23.7 Å². The number of carbonyl (C=O) groups excluding carboxylic acids is 1. The third kappa shape index (κ3) is 1.94. The fourth-order valence-electron chi connectivity index (χ4n) is 1.86. The Morgan fingerprint density at radius 1 is 1.53 bits per heavy atom. The summed E-state index contributed by atoms with van der Waals surface area (Å²) in [4.78, 5) is 12.0. The van der Waals surface area contributed by atoms with Gasteiger partial charge in [0.25, 0.3) is 0 Å². The van der Waals surface area contributed by atoms with Gasteiger partial charge in [0.1, 0.15) is 5.75 Å². The number of carbonyl (C=O) groups is 1. The summed E-state index contributed by atoms with van der Waals surface area (Å²) in [6, 6.07) is 4.49. The largest absolute Gasteiger partial charge is 0.508 e. The van der Waals surface area contributed by atoms with Gasteiger partial charge >= 0.3 is 0 Å². The molecule has 0 aromatic heterocycles. The maximum atomic E-state index is 12.0. The van der Waals surface area contributed by atoms with Crippen LogP contribution < -0.4 is 11.1 Å². The van der Waals surface area contributed by atoms with Crippen molar-refractivity contribution in [2.75, 3.05) is 18.8 Å². The maximum absolute atomic E-state index is 12.0. The van der Waals surface area contributed by atoms with Crippen molar-refractivity contribution in [1.82, 2.24) is 5.32 Å². The smallest absolute Gasteiger partial charge is 0.169 e. The molecule has 4 N–H and O–H groups in total. The van der Waals surface area contributed by atoms with E-state index in [1.807, 2.05) is 0 Å². The quantitative estimate of drug-likeness (QED) is 0.379. The number of ketones is 1. The first kappa shape index (κ1) is 9.98. The summed E-state index contributed by atoms with van der Waals surface area (Å²) in [5.41, 5.74) is 6.57. The molecule has 15 heavy (non-hydrogen) atoms. The van der Waals surface area contributed by atoms with Crippen LogP contribution in [0.25, 0.3) is 0 Å². The van der Waals surface area contributed by atoms with Gasteiger partial charge in [-0.1, -0.05) is 0 Å². The number of hydrogen-bond acceptors (Lipinski definition) is 4. The topological polar surface area (TPSA) is 75.3 Å². The lowest BCUT2D eigenvalue weighted by atomic mass is 9.95. The van der Waals surface area contributed by atoms with E-state index in [4.69, 9.17) is 5.73 Å². The number of phenolic OH excluding ortho intramolecular Hbond substituents is 1. The maximum Gasteiger partial charge on any atom is 0.169 e. The molecule has 4 nitrogen and oxygen atoms in total. The van der Waals surface area contributed by atoms with Gasteiger partial charge in [-0.15, -0.1) is 0 Å². The zero-order chi connectivity index (χ0) is 10.8. The highest BCUT2D eigenvalue weighted by atomic mass is 16.3. The van der Waals surface area contributed by atoms with Crippen LogP contribution in [0.15, 0.2) is 18.2 Å². The molecule has 2 rings (SSSR count). The molecule has 0 radical (unpaired) electrons. The SMILES string of the molecule is Nc1ccc(O)cc1C(=O)C1CCNC1. The van der Waals surface area contributed by atoms with E-state index < -0.39 is 0 Å². The molecule has 1 aromatic rings. The fraction of sp³-hybridized carbons (Fsp3) is 0.364. The Labute approximate surface area is 88.1 Å². The van der Waals surface area contributed by atoms with Crippen LogP contribution in [0.3, 0.4) is 0 Å². The molecule has 80 valence electrons. The second-order valence-electron chi connectivity index (χ2n) is 3.83. The van der Waals surface area contributed by atoms with Crippen molar-refractivity contribution >= 4 is 11.5 Å². The van der Waals surface area contributed by atoms with E-state index in [9.17, 15) is 9.90 Å². The number of nitrogens with two attached hydrogens (primary N) is 1. The summed E-state index contributed by atoms with van der Waals surface area (Å²) in [7, 11) is 0. The van der Waals surface area contributed by atoms with E-state index >= 15 is 0 Å². The predicted molar refractivity (Wildman–Crippen MR) is 57.8 cm³/mol. The van der Waals surface area contributed by atoms with Gasteiger partial charge in [0.15, 0.2) is 5.78 Å². The van der Waals surface area contributed by atoms with Crippen molar-refractivity contribution in [1.29, 1.82) is 0 Å². The van der Waals surface area contributed by atoms with E-state index in [0.29, 0.717) is 17.8 Å². The zero-order valence-electron chi connectivity index (χ0n) is 8.36. The van der Waals surface area contributed by atoms with Gasteiger partial charge in [-0.2, -0.15) is 0 Å². The molecule has 1 aliphatic heterocycles. The molecule has 1 aromatic carbocycles. The molecule has 0 amide bonds. The highest BCUT2D eigenvalue weighted by Crippen LogP contribution is 2.23. The van der Waals surface area contributed by atoms with E-state index in [0.717, 1.165) is 13.0 Å². The van der Waals surface area contributed by atoms with Crippen LogP contribution >= 0.6 is 0 Å². The predicted octanol–water partition coefficient (Wildman–Crippen LogP) is 0.767. The van der Waals surface area contributed by atoms with Crippen LogP contribution in [0.1, 0.15) is 16.8 Å². The number of nitrogen functional groups attached to an aromatic ring is 1. The lowest BCUT2D eigenvalue weighted by molar-refractivity contribution is 0.0931. The molecule has 4 heteroatoms. The van der Waals surface area contributed by atoms with Gasteiger partial charge in [-0.25, -0.2) is 0 Å². The average Bonchev–Trinajstić information content (AvgIpc) is 2.74. The molecule has 1 unspecified atom stereocenters. The van der Waals surface area contributed by atoms with E-state index in [1.54, 1.807) is 6.07 Å². The molecule has 0 saturated carbocycles. The molecule has 0 bridgehead atoms. The first-order valence-electron chi connectivity index (χ1n) is 5.02. The van der Waals surface area contributed by atoms with Crippen LogP contribution in [0.5, 0.6) is 5.75 Å². The Kier molecular flexibility index (Phi) is 2.60. The third-order valence-electron chi connectivity index (χ3n) is 2.73. The van der Waals surface area contributed by atoms with Crippen molar-refractivity contribution in [2.24, 2.45) is 5.92 Å². The summed E-state index contributed by atoms with van der Waals surface area (Å²) in [5.74, 6) is 0.0982. The average molecular weight is 206 g/mol. The van der Waals surface area contributed by atoms with Crippen molar-refractivity contribution in [3.8, 4) is 5.75 Å². The normalized spacial score (nSPS) is 20.4. The summed E-state index contributed by atoms with van der Waals surface area (Å²) in [5, 5.41) is 12.4. The van der Waals surface area contributed by atoms with Crippen LogP contribution in [0, 0.1) is 5.92 Å². The van der Waals surface area contributed by atoms with E-state index in [-0.39, 0.29) is 17.5 Å². The molecule has 1 atom stereocenters. The lowest BCUT2D eigenvalue weighted by Gasteiger charge is -2.09. The van der Waals surface area contributed by atoms with Gasteiger partial charge in [0.2, 0.25) is 0 Å². The molecule has 1 aliphatic rings. The van der Waals surface area contributed by atoms with Gasteiger partial charge in [-0.3, -0.25) is 4.79 Å². The Morgan fingerprint density at radius 3 is 3.00 bits per heavy atom. The van der Waals surface area contributed by atoms with Crippen molar-refractivity contribution in [2.45, 2.75) is 6.42 Å². The number of Topliss-reactive ketones (excluding diaryl/α,β-unsaturated/α-hetero) is 1. The molecular formula is C11H14N2O2. The minimum Gasteiger partial charge on any atom is -0.508 e. The first-order chi connectivity index (χ1) is 7.18. The van der Waals surface area contributed by atoms with Crippen LogP contribution in [-0.2, 0) is 0 Å². The van der Waals surface area contributed by atoms with Gasteiger partial charge in [-0.05, 0) is 31.2 Å². The number of rotatable bonds is 2. The second kappa shape index (κ2) is 3.90. The number of aromatic hydroxyl groups is 1. The highest BCUT2D eigenvalue weighted by Gasteiger charge is 2.25. The Balaban J connectivity index is 2.27. The molecule has 1 saturated heterocycles. The highest BCUT2D eigenvalue weighted by molar-refractivity contribution is 6.02. The molecule has 0 aliphatic carbocycles. The standard InChI is InChI=1S/C11H14N2O2/c12-10-2-1-8(14)5-9(10)11(15)7-3-4-13-6-7/h1-2,5,7,13-14H,3-4,6,12H2. The minimum atomic E-state index is -0.00546. The number of benzene rings is 1. The third-order valence-corrected chi connectivity index (χ3v) is 2.73. The number of hydrogen-bond donors (Lipinski definition) is 3. The van der Waals surface area contributed by atoms with E-state index in [1.165, 1.54) is 12.1 Å². The number of nitrogens with one attached hydrogen (secondary N) is 1. The zero-order valence-corrected chi connectivity index (χ0v) is 8.36.